The van der Waals surface area contributed by atoms with Crippen molar-refractivity contribution in [2.24, 2.45) is 0 Å². The van der Waals surface area contributed by atoms with Crippen LogP contribution < -0.4 is 10.6 Å². The number of nitrogens with zero attached hydrogens (tertiary/aromatic N) is 2. The maximum atomic E-state index is 12.4. The highest BCUT2D eigenvalue weighted by molar-refractivity contribution is 5.78. The second-order valence-corrected chi connectivity index (χ2v) is 6.99. The van der Waals surface area contributed by atoms with Gasteiger partial charge in [-0.1, -0.05) is 60.7 Å². The maximum absolute atomic E-state index is 12.4. The van der Waals surface area contributed by atoms with E-state index < -0.39 is 0 Å². The number of amides is 3. The molecule has 1 aliphatic heterocycles. The zero-order valence-corrected chi connectivity index (χ0v) is 16.1. The van der Waals surface area contributed by atoms with Crippen LogP contribution in [0, 0.1) is 0 Å². The fraction of sp³-hybridized carbons (Fsp3) is 0.364. The number of hydrogen-bond donors (Lipinski definition) is 2. The first-order chi connectivity index (χ1) is 13.7. The SMILES string of the molecule is O=C(NCCC(=O)N1CCN(Cc2ccccc2)CC1)NCc1ccccc1. The number of urea groups is 1. The molecule has 0 unspecified atom stereocenters. The number of carbonyl (C=O) groups excluding carboxylic acids is 2. The molecule has 6 nitrogen and oxygen atoms in total. The fourth-order valence-electron chi connectivity index (χ4n) is 3.28. The van der Waals surface area contributed by atoms with Gasteiger partial charge in [-0.05, 0) is 11.1 Å². The Bertz CT molecular complexity index is 744. The zero-order chi connectivity index (χ0) is 19.6. The summed E-state index contributed by atoms with van der Waals surface area (Å²) in [7, 11) is 0. The second-order valence-electron chi connectivity index (χ2n) is 6.99. The summed E-state index contributed by atoms with van der Waals surface area (Å²) in [6.07, 6.45) is 0.331. The molecule has 2 aromatic carbocycles. The van der Waals surface area contributed by atoms with E-state index in [-0.39, 0.29) is 11.9 Å². The van der Waals surface area contributed by atoms with E-state index in [9.17, 15) is 9.59 Å². The molecule has 28 heavy (non-hydrogen) atoms. The third kappa shape index (κ3) is 6.39. The molecule has 1 aliphatic rings. The molecule has 3 rings (SSSR count). The summed E-state index contributed by atoms with van der Waals surface area (Å²) >= 11 is 0. The van der Waals surface area contributed by atoms with Gasteiger partial charge in [0.1, 0.15) is 0 Å². The first kappa shape index (κ1) is 19.9. The molecule has 0 bridgehead atoms. The number of benzene rings is 2. The summed E-state index contributed by atoms with van der Waals surface area (Å²) in [5.74, 6) is 0.0997. The lowest BCUT2D eigenvalue weighted by Gasteiger charge is -2.34. The Morgan fingerprint density at radius 3 is 2.04 bits per heavy atom. The van der Waals surface area contributed by atoms with Gasteiger partial charge in [-0.15, -0.1) is 0 Å². The molecule has 2 aromatic rings. The molecule has 6 heteroatoms. The first-order valence-corrected chi connectivity index (χ1v) is 9.80. The Hall–Kier alpha value is -2.86. The number of rotatable bonds is 7. The molecule has 0 aromatic heterocycles. The molecular formula is C22H28N4O2. The van der Waals surface area contributed by atoms with Gasteiger partial charge in [0.15, 0.2) is 0 Å². The minimum Gasteiger partial charge on any atom is -0.340 e. The fourth-order valence-corrected chi connectivity index (χ4v) is 3.28. The second kappa shape index (κ2) is 10.5. The first-order valence-electron chi connectivity index (χ1n) is 9.80. The van der Waals surface area contributed by atoms with Crippen molar-refractivity contribution in [1.82, 2.24) is 20.4 Å². The Balaban J connectivity index is 1.29. The molecular weight excluding hydrogens is 352 g/mol. The van der Waals surface area contributed by atoms with Crippen molar-refractivity contribution in [2.75, 3.05) is 32.7 Å². The van der Waals surface area contributed by atoms with Crippen LogP contribution in [0.1, 0.15) is 17.5 Å². The van der Waals surface area contributed by atoms with Crippen LogP contribution >= 0.6 is 0 Å². The van der Waals surface area contributed by atoms with Crippen molar-refractivity contribution in [3.05, 3.63) is 71.8 Å². The molecule has 2 N–H and O–H groups in total. The van der Waals surface area contributed by atoms with Crippen molar-refractivity contribution in [3.63, 3.8) is 0 Å². The van der Waals surface area contributed by atoms with Crippen LogP contribution in [-0.2, 0) is 17.9 Å². The van der Waals surface area contributed by atoms with E-state index in [0.717, 1.165) is 38.3 Å². The van der Waals surface area contributed by atoms with E-state index in [1.54, 1.807) is 0 Å². The third-order valence-electron chi connectivity index (χ3n) is 4.89. The summed E-state index contributed by atoms with van der Waals surface area (Å²) in [4.78, 5) is 28.5. The zero-order valence-electron chi connectivity index (χ0n) is 16.1. The average molecular weight is 380 g/mol. The monoisotopic (exact) mass is 380 g/mol. The molecule has 0 saturated carbocycles. The highest BCUT2D eigenvalue weighted by Crippen LogP contribution is 2.09. The Morgan fingerprint density at radius 2 is 1.39 bits per heavy atom. The quantitative estimate of drug-likeness (QED) is 0.774. The van der Waals surface area contributed by atoms with E-state index in [1.165, 1.54) is 5.56 Å². The Morgan fingerprint density at radius 1 is 0.786 bits per heavy atom. The lowest BCUT2D eigenvalue weighted by atomic mass is 10.2. The van der Waals surface area contributed by atoms with Gasteiger partial charge < -0.3 is 15.5 Å². The Kier molecular flexibility index (Phi) is 7.44. The van der Waals surface area contributed by atoms with Gasteiger partial charge in [-0.2, -0.15) is 0 Å². The standard InChI is InChI=1S/C22H28N4O2/c27-21(11-12-23-22(28)24-17-19-7-3-1-4-8-19)26-15-13-25(14-16-26)18-20-9-5-2-6-10-20/h1-10H,11-18H2,(H2,23,24,28). The molecule has 1 saturated heterocycles. The van der Waals surface area contributed by atoms with Crippen LogP contribution in [0.2, 0.25) is 0 Å². The van der Waals surface area contributed by atoms with E-state index in [1.807, 2.05) is 41.3 Å². The van der Waals surface area contributed by atoms with Crippen molar-refractivity contribution in [3.8, 4) is 0 Å². The molecule has 0 aliphatic carbocycles. The van der Waals surface area contributed by atoms with Crippen LogP contribution in [0.3, 0.4) is 0 Å². The van der Waals surface area contributed by atoms with E-state index >= 15 is 0 Å². The molecule has 0 spiro atoms. The lowest BCUT2D eigenvalue weighted by Crippen LogP contribution is -2.49. The predicted molar refractivity (Wildman–Crippen MR) is 110 cm³/mol. The summed E-state index contributed by atoms with van der Waals surface area (Å²) in [6.45, 7) is 4.99. The van der Waals surface area contributed by atoms with Crippen LogP contribution in [0.15, 0.2) is 60.7 Å². The molecule has 148 valence electrons. The average Bonchev–Trinajstić information content (AvgIpc) is 2.74. The summed E-state index contributed by atoms with van der Waals surface area (Å²) in [5.41, 5.74) is 2.34. The minimum absolute atomic E-state index is 0.0997. The molecule has 0 radical (unpaired) electrons. The van der Waals surface area contributed by atoms with Crippen LogP contribution in [0.25, 0.3) is 0 Å². The smallest absolute Gasteiger partial charge is 0.315 e. The number of carbonyl (C=O) groups is 2. The maximum Gasteiger partial charge on any atom is 0.315 e. The van der Waals surface area contributed by atoms with Gasteiger partial charge in [0.05, 0.1) is 0 Å². The molecule has 3 amide bonds. The van der Waals surface area contributed by atoms with Gasteiger partial charge in [-0.25, -0.2) is 4.79 Å². The summed E-state index contributed by atoms with van der Waals surface area (Å²) in [5, 5.41) is 5.56. The predicted octanol–water partition coefficient (Wildman–Crippen LogP) is 2.22. The van der Waals surface area contributed by atoms with Gasteiger partial charge in [0.25, 0.3) is 0 Å². The number of piperazine rings is 1. The largest absolute Gasteiger partial charge is 0.340 e. The van der Waals surface area contributed by atoms with E-state index in [2.05, 4.69) is 39.8 Å². The van der Waals surface area contributed by atoms with Gasteiger partial charge in [0.2, 0.25) is 5.91 Å². The number of nitrogens with one attached hydrogen (secondary N) is 2. The van der Waals surface area contributed by atoms with Crippen LogP contribution in [0.4, 0.5) is 4.79 Å². The normalized spacial score (nSPS) is 14.5. The summed E-state index contributed by atoms with van der Waals surface area (Å²) < 4.78 is 0. The molecule has 1 fully saturated rings. The van der Waals surface area contributed by atoms with Crippen molar-refractivity contribution >= 4 is 11.9 Å². The molecule has 0 atom stereocenters. The lowest BCUT2D eigenvalue weighted by molar-refractivity contribution is -0.132. The minimum atomic E-state index is -0.246. The summed E-state index contributed by atoms with van der Waals surface area (Å²) in [6, 6.07) is 19.9. The van der Waals surface area contributed by atoms with Crippen molar-refractivity contribution < 1.29 is 9.59 Å². The highest BCUT2D eigenvalue weighted by atomic mass is 16.2. The van der Waals surface area contributed by atoms with Crippen LogP contribution in [0.5, 0.6) is 0 Å². The number of hydrogen-bond acceptors (Lipinski definition) is 3. The van der Waals surface area contributed by atoms with E-state index in [0.29, 0.717) is 19.5 Å². The van der Waals surface area contributed by atoms with Crippen LogP contribution in [-0.4, -0.2) is 54.5 Å². The van der Waals surface area contributed by atoms with Gasteiger partial charge in [0, 0.05) is 52.2 Å². The molecule has 1 heterocycles. The third-order valence-corrected chi connectivity index (χ3v) is 4.89. The van der Waals surface area contributed by atoms with E-state index in [4.69, 9.17) is 0 Å². The highest BCUT2D eigenvalue weighted by Gasteiger charge is 2.20. The van der Waals surface area contributed by atoms with Crippen molar-refractivity contribution in [2.45, 2.75) is 19.5 Å². The van der Waals surface area contributed by atoms with Crippen molar-refractivity contribution in [1.29, 1.82) is 0 Å². The van der Waals surface area contributed by atoms with Gasteiger partial charge in [-0.3, -0.25) is 9.69 Å². The Labute approximate surface area is 166 Å². The van der Waals surface area contributed by atoms with Gasteiger partial charge >= 0.3 is 6.03 Å². The topological polar surface area (TPSA) is 64.7 Å².